The zero-order chi connectivity index (χ0) is 18.1. The summed E-state index contributed by atoms with van der Waals surface area (Å²) in [6.07, 6.45) is 3.11. The molecule has 0 aliphatic carbocycles. The third kappa shape index (κ3) is 6.12. The van der Waals surface area contributed by atoms with E-state index in [9.17, 15) is 9.59 Å². The van der Waals surface area contributed by atoms with Crippen LogP contribution in [0.3, 0.4) is 0 Å². The number of carboxylic acids is 1. The number of nitrogens with one attached hydrogen (secondary N) is 2. The fourth-order valence-electron chi connectivity index (χ4n) is 2.24. The van der Waals surface area contributed by atoms with Crippen LogP contribution >= 0.6 is 0 Å². The first-order chi connectivity index (χ1) is 11.3. The smallest absolute Gasteiger partial charge is 0.303 e. The first-order valence-corrected chi connectivity index (χ1v) is 7.67. The van der Waals surface area contributed by atoms with E-state index >= 15 is 0 Å². The van der Waals surface area contributed by atoms with Gasteiger partial charge in [-0.1, -0.05) is 24.8 Å². The summed E-state index contributed by atoms with van der Waals surface area (Å²) >= 11 is 0. The minimum atomic E-state index is -0.828. The Bertz CT molecular complexity index is 688. The number of hydrogen-bond donors (Lipinski definition) is 3. The quantitative estimate of drug-likeness (QED) is 0.474. The molecule has 0 atom stereocenters. The summed E-state index contributed by atoms with van der Waals surface area (Å²) in [6, 6.07) is 7.50. The number of anilines is 1. The molecule has 0 saturated carbocycles. The number of para-hydroxylation sites is 1. The molecule has 1 aromatic carbocycles. The zero-order valence-corrected chi connectivity index (χ0v) is 14.3. The predicted octanol–water partition coefficient (Wildman–Crippen LogP) is 3.92. The van der Waals surface area contributed by atoms with Gasteiger partial charge in [-0.3, -0.25) is 9.59 Å². The minimum Gasteiger partial charge on any atom is -0.481 e. The Kier molecular flexibility index (Phi) is 7.49. The molecule has 3 N–H and O–H groups in total. The van der Waals surface area contributed by atoms with Gasteiger partial charge in [-0.2, -0.15) is 0 Å². The van der Waals surface area contributed by atoms with Crippen LogP contribution < -0.4 is 10.6 Å². The summed E-state index contributed by atoms with van der Waals surface area (Å²) in [4.78, 5) is 21.5. The number of hydrogen-bond acceptors (Lipinski definition) is 3. The fourth-order valence-corrected chi connectivity index (χ4v) is 2.24. The second-order valence-electron chi connectivity index (χ2n) is 5.63. The fraction of sp³-hybridized carbons (Fsp3) is 0.263. The van der Waals surface area contributed by atoms with Crippen LogP contribution in [0.1, 0.15) is 39.2 Å². The monoisotopic (exact) mass is 328 g/mol. The molecule has 0 aliphatic rings. The van der Waals surface area contributed by atoms with Crippen molar-refractivity contribution in [1.82, 2.24) is 5.32 Å². The van der Waals surface area contributed by atoms with Gasteiger partial charge >= 0.3 is 5.97 Å². The maximum Gasteiger partial charge on any atom is 0.303 e. The molecule has 5 nitrogen and oxygen atoms in total. The molecule has 0 spiro atoms. The summed E-state index contributed by atoms with van der Waals surface area (Å²) in [5, 5.41) is 14.7. The van der Waals surface area contributed by atoms with Gasteiger partial charge in [0, 0.05) is 29.1 Å². The molecule has 128 valence electrons. The largest absolute Gasteiger partial charge is 0.481 e. The van der Waals surface area contributed by atoms with Gasteiger partial charge in [0.05, 0.1) is 0 Å². The highest BCUT2D eigenvalue weighted by molar-refractivity contribution is 5.83. The van der Waals surface area contributed by atoms with Crippen molar-refractivity contribution < 1.29 is 14.7 Å². The third-order valence-corrected chi connectivity index (χ3v) is 3.45. The molecule has 0 unspecified atom stereocenters. The summed E-state index contributed by atoms with van der Waals surface area (Å²) in [7, 11) is 0. The van der Waals surface area contributed by atoms with Crippen LogP contribution in [0, 0.1) is 0 Å². The Labute approximate surface area is 142 Å². The van der Waals surface area contributed by atoms with Gasteiger partial charge in [-0.25, -0.2) is 0 Å². The Balaban J connectivity index is 3.22. The minimum absolute atomic E-state index is 0.0728. The topological polar surface area (TPSA) is 78.4 Å². The molecule has 1 rings (SSSR count). The van der Waals surface area contributed by atoms with Gasteiger partial charge in [0.1, 0.15) is 0 Å². The maximum absolute atomic E-state index is 10.8. The van der Waals surface area contributed by atoms with Gasteiger partial charge in [0.2, 0.25) is 6.41 Å². The van der Waals surface area contributed by atoms with Gasteiger partial charge in [0.25, 0.3) is 0 Å². The molecule has 0 heterocycles. The Morgan fingerprint density at radius 3 is 2.46 bits per heavy atom. The highest BCUT2D eigenvalue weighted by Crippen LogP contribution is 2.25. The molecule has 1 amide bonds. The van der Waals surface area contributed by atoms with Crippen molar-refractivity contribution in [3.8, 4) is 0 Å². The zero-order valence-electron chi connectivity index (χ0n) is 14.3. The van der Waals surface area contributed by atoms with Crippen LogP contribution in [0.25, 0.3) is 5.57 Å². The average Bonchev–Trinajstić information content (AvgIpc) is 2.52. The Morgan fingerprint density at radius 1 is 1.21 bits per heavy atom. The molecule has 24 heavy (non-hydrogen) atoms. The van der Waals surface area contributed by atoms with E-state index in [1.165, 1.54) is 0 Å². The van der Waals surface area contributed by atoms with Crippen molar-refractivity contribution in [2.24, 2.45) is 0 Å². The molecule has 0 aliphatic heterocycles. The number of rotatable bonds is 9. The van der Waals surface area contributed by atoms with Crippen molar-refractivity contribution in [2.75, 3.05) is 5.32 Å². The Morgan fingerprint density at radius 2 is 1.88 bits per heavy atom. The van der Waals surface area contributed by atoms with Crippen LogP contribution in [0.4, 0.5) is 5.69 Å². The summed E-state index contributed by atoms with van der Waals surface area (Å²) < 4.78 is 0. The van der Waals surface area contributed by atoms with Crippen molar-refractivity contribution in [2.45, 2.75) is 33.6 Å². The number of carboxylic acid groups (broad SMARTS) is 1. The van der Waals surface area contributed by atoms with Crippen LogP contribution in [0.15, 0.2) is 53.9 Å². The third-order valence-electron chi connectivity index (χ3n) is 3.45. The first kappa shape index (κ1) is 19.2. The Hall–Kier alpha value is -2.82. The number of carbonyl (C=O) groups excluding carboxylic acids is 1. The lowest BCUT2D eigenvalue weighted by Crippen LogP contribution is -2.11. The van der Waals surface area contributed by atoms with E-state index in [1.54, 1.807) is 0 Å². The van der Waals surface area contributed by atoms with Crippen molar-refractivity contribution in [1.29, 1.82) is 0 Å². The van der Waals surface area contributed by atoms with Crippen LogP contribution in [-0.2, 0) is 9.59 Å². The van der Waals surface area contributed by atoms with Crippen molar-refractivity contribution in [3.63, 3.8) is 0 Å². The lowest BCUT2D eigenvalue weighted by atomic mass is 10.0. The molecule has 0 aromatic heterocycles. The van der Waals surface area contributed by atoms with Gasteiger partial charge in [-0.15, -0.1) is 0 Å². The summed E-state index contributed by atoms with van der Waals surface area (Å²) in [5.41, 5.74) is 5.08. The van der Waals surface area contributed by atoms with Gasteiger partial charge < -0.3 is 15.7 Å². The van der Waals surface area contributed by atoms with Gasteiger partial charge in [-0.05, 0) is 50.5 Å². The van der Waals surface area contributed by atoms with E-state index in [-0.39, 0.29) is 6.42 Å². The molecule has 0 saturated heterocycles. The van der Waals surface area contributed by atoms with Crippen molar-refractivity contribution >= 4 is 23.6 Å². The van der Waals surface area contributed by atoms with E-state index in [2.05, 4.69) is 17.2 Å². The standard InChI is InChI=1S/C19H24N2O3/c1-13(2)21-18(14(3)9-10-19(23)24)11-15(4)16-7-5-6-8-17(16)20-12-22/h5-8,11-12,21H,1,9-10H2,2-4H3,(H,20,22)(H,23,24)/b15-11+,18-14+. The number of amides is 1. The van der Waals surface area contributed by atoms with Crippen LogP contribution in [-0.4, -0.2) is 17.5 Å². The molecule has 1 aromatic rings. The molecule has 0 radical (unpaired) electrons. The van der Waals surface area contributed by atoms with Crippen LogP contribution in [0.5, 0.6) is 0 Å². The predicted molar refractivity (Wildman–Crippen MR) is 97.3 cm³/mol. The number of allylic oxidation sites excluding steroid dienone is 4. The van der Waals surface area contributed by atoms with Gasteiger partial charge in [0.15, 0.2) is 0 Å². The second-order valence-corrected chi connectivity index (χ2v) is 5.63. The average molecular weight is 328 g/mol. The van der Waals surface area contributed by atoms with Crippen molar-refractivity contribution in [3.05, 3.63) is 59.5 Å². The lowest BCUT2D eigenvalue weighted by Gasteiger charge is -2.14. The normalized spacial score (nSPS) is 12.2. The second kappa shape index (κ2) is 9.35. The molecular weight excluding hydrogens is 304 g/mol. The SMILES string of the molecule is C=C(C)NC(/C=C(\C)c1ccccc1NC=O)=C(\C)CCC(=O)O. The molecule has 0 bridgehead atoms. The van der Waals surface area contributed by atoms with E-state index in [0.29, 0.717) is 12.8 Å². The molecular formula is C19H24N2O3. The lowest BCUT2D eigenvalue weighted by molar-refractivity contribution is -0.136. The number of carbonyl (C=O) groups is 2. The van der Waals surface area contributed by atoms with E-state index in [4.69, 9.17) is 5.11 Å². The summed E-state index contributed by atoms with van der Waals surface area (Å²) in [5.74, 6) is -0.828. The highest BCUT2D eigenvalue weighted by atomic mass is 16.4. The first-order valence-electron chi connectivity index (χ1n) is 7.67. The number of benzene rings is 1. The molecule has 5 heteroatoms. The number of aliphatic carboxylic acids is 1. The van der Waals surface area contributed by atoms with E-state index < -0.39 is 5.97 Å². The van der Waals surface area contributed by atoms with Crippen LogP contribution in [0.2, 0.25) is 0 Å². The summed E-state index contributed by atoms with van der Waals surface area (Å²) in [6.45, 7) is 9.53. The maximum atomic E-state index is 10.8. The van der Waals surface area contributed by atoms with E-state index in [0.717, 1.165) is 33.8 Å². The highest BCUT2D eigenvalue weighted by Gasteiger charge is 2.07. The molecule has 0 fully saturated rings. The van der Waals surface area contributed by atoms with E-state index in [1.807, 2.05) is 51.1 Å².